The van der Waals surface area contributed by atoms with Gasteiger partial charge >= 0.3 is 0 Å². The molecular weight excluding hydrogens is 272 g/mol. The van der Waals surface area contributed by atoms with Crippen LogP contribution in [-0.2, 0) is 0 Å². The maximum Gasteiger partial charge on any atom is 0.273 e. The summed E-state index contributed by atoms with van der Waals surface area (Å²) in [6.07, 6.45) is 0. The minimum atomic E-state index is -0.445. The largest absolute Gasteiger partial charge is 0.494 e. The third-order valence-electron chi connectivity index (χ3n) is 3.31. The van der Waals surface area contributed by atoms with Crippen LogP contribution in [0.1, 0.15) is 30.0 Å². The SMILES string of the molecule is COc1cc([N+](=O)[O-])ccc1NC(C)c1cc(C)oc1C. The van der Waals surface area contributed by atoms with E-state index in [1.807, 2.05) is 26.8 Å². The molecule has 1 atom stereocenters. The summed E-state index contributed by atoms with van der Waals surface area (Å²) >= 11 is 0. The molecule has 0 aliphatic carbocycles. The first-order chi connectivity index (χ1) is 9.92. The van der Waals surface area contributed by atoms with Crippen molar-refractivity contribution in [2.24, 2.45) is 0 Å². The van der Waals surface area contributed by atoms with Gasteiger partial charge in [-0.3, -0.25) is 10.1 Å². The number of furan rings is 1. The van der Waals surface area contributed by atoms with Crippen molar-refractivity contribution in [1.82, 2.24) is 0 Å². The number of ether oxygens (including phenoxy) is 1. The lowest BCUT2D eigenvalue weighted by atomic mass is 10.1. The monoisotopic (exact) mass is 290 g/mol. The number of non-ortho nitro benzene ring substituents is 1. The summed E-state index contributed by atoms with van der Waals surface area (Å²) < 4.78 is 10.7. The van der Waals surface area contributed by atoms with Gasteiger partial charge in [0.25, 0.3) is 5.69 Å². The average molecular weight is 290 g/mol. The van der Waals surface area contributed by atoms with Crippen LogP contribution in [0.4, 0.5) is 11.4 Å². The highest BCUT2D eigenvalue weighted by atomic mass is 16.6. The van der Waals surface area contributed by atoms with Gasteiger partial charge in [-0.05, 0) is 32.9 Å². The number of rotatable bonds is 5. The van der Waals surface area contributed by atoms with Crippen molar-refractivity contribution >= 4 is 11.4 Å². The van der Waals surface area contributed by atoms with Crippen molar-refractivity contribution in [2.75, 3.05) is 12.4 Å². The number of nitro groups is 1. The molecule has 1 heterocycles. The summed E-state index contributed by atoms with van der Waals surface area (Å²) in [6, 6.07) is 6.48. The van der Waals surface area contributed by atoms with Gasteiger partial charge in [0.15, 0.2) is 0 Å². The van der Waals surface area contributed by atoms with Crippen LogP contribution in [0.2, 0.25) is 0 Å². The van der Waals surface area contributed by atoms with Crippen molar-refractivity contribution in [3.63, 3.8) is 0 Å². The van der Waals surface area contributed by atoms with E-state index in [1.165, 1.54) is 19.2 Å². The Morgan fingerprint density at radius 3 is 2.57 bits per heavy atom. The Kier molecular flexibility index (Phi) is 4.16. The van der Waals surface area contributed by atoms with Crippen molar-refractivity contribution < 1.29 is 14.1 Å². The van der Waals surface area contributed by atoms with E-state index in [0.717, 1.165) is 17.1 Å². The maximum absolute atomic E-state index is 10.8. The number of nitrogens with zero attached hydrogens (tertiary/aromatic N) is 1. The highest BCUT2D eigenvalue weighted by Crippen LogP contribution is 2.32. The predicted octanol–water partition coefficient (Wildman–Crippen LogP) is 3.99. The van der Waals surface area contributed by atoms with Gasteiger partial charge < -0.3 is 14.5 Å². The fraction of sp³-hybridized carbons (Fsp3) is 0.333. The number of nitro benzene ring substituents is 1. The van der Waals surface area contributed by atoms with Crippen LogP contribution in [0.25, 0.3) is 0 Å². The summed E-state index contributed by atoms with van der Waals surface area (Å²) in [5, 5.41) is 14.1. The van der Waals surface area contributed by atoms with E-state index >= 15 is 0 Å². The van der Waals surface area contributed by atoms with Crippen LogP contribution in [0, 0.1) is 24.0 Å². The third-order valence-corrected chi connectivity index (χ3v) is 3.31. The number of benzene rings is 1. The zero-order valence-corrected chi connectivity index (χ0v) is 12.5. The molecular formula is C15H18N2O4. The maximum atomic E-state index is 10.8. The fourth-order valence-corrected chi connectivity index (χ4v) is 2.30. The predicted molar refractivity (Wildman–Crippen MR) is 79.9 cm³/mol. The van der Waals surface area contributed by atoms with E-state index in [4.69, 9.17) is 9.15 Å². The Bertz CT molecular complexity index is 664. The molecule has 0 radical (unpaired) electrons. The molecule has 112 valence electrons. The highest BCUT2D eigenvalue weighted by Gasteiger charge is 2.16. The summed E-state index contributed by atoms with van der Waals surface area (Å²) in [7, 11) is 1.49. The molecule has 0 aliphatic rings. The second kappa shape index (κ2) is 5.87. The first-order valence-corrected chi connectivity index (χ1v) is 6.58. The molecule has 0 saturated heterocycles. The van der Waals surface area contributed by atoms with Crippen LogP contribution < -0.4 is 10.1 Å². The molecule has 0 bridgehead atoms. The zero-order valence-electron chi connectivity index (χ0n) is 12.5. The smallest absolute Gasteiger partial charge is 0.273 e. The Morgan fingerprint density at radius 1 is 1.33 bits per heavy atom. The summed E-state index contributed by atoms with van der Waals surface area (Å²) in [5.41, 5.74) is 1.75. The molecule has 1 aromatic heterocycles. The van der Waals surface area contributed by atoms with Gasteiger partial charge in [0.2, 0.25) is 0 Å². The van der Waals surface area contributed by atoms with E-state index in [2.05, 4.69) is 5.32 Å². The van der Waals surface area contributed by atoms with Gasteiger partial charge in [0.1, 0.15) is 17.3 Å². The topological polar surface area (TPSA) is 77.5 Å². The van der Waals surface area contributed by atoms with E-state index in [-0.39, 0.29) is 11.7 Å². The lowest BCUT2D eigenvalue weighted by molar-refractivity contribution is -0.384. The van der Waals surface area contributed by atoms with Gasteiger partial charge in [-0.15, -0.1) is 0 Å². The molecule has 0 fully saturated rings. The Morgan fingerprint density at radius 2 is 2.05 bits per heavy atom. The number of nitrogens with one attached hydrogen (secondary N) is 1. The summed E-state index contributed by atoms with van der Waals surface area (Å²) in [4.78, 5) is 10.3. The molecule has 1 unspecified atom stereocenters. The van der Waals surface area contributed by atoms with Crippen LogP contribution in [-0.4, -0.2) is 12.0 Å². The van der Waals surface area contributed by atoms with Crippen LogP contribution in [0.15, 0.2) is 28.7 Å². The van der Waals surface area contributed by atoms with E-state index < -0.39 is 4.92 Å². The van der Waals surface area contributed by atoms with Gasteiger partial charge in [-0.25, -0.2) is 0 Å². The molecule has 0 amide bonds. The second-order valence-electron chi connectivity index (χ2n) is 4.88. The van der Waals surface area contributed by atoms with Gasteiger partial charge in [-0.2, -0.15) is 0 Å². The molecule has 0 saturated carbocycles. The van der Waals surface area contributed by atoms with Crippen molar-refractivity contribution in [2.45, 2.75) is 26.8 Å². The minimum absolute atomic E-state index is 0.000360. The van der Waals surface area contributed by atoms with Gasteiger partial charge in [-0.1, -0.05) is 0 Å². The van der Waals surface area contributed by atoms with Crippen molar-refractivity contribution in [3.05, 3.63) is 51.5 Å². The second-order valence-corrected chi connectivity index (χ2v) is 4.88. The lowest BCUT2D eigenvalue weighted by Gasteiger charge is -2.17. The van der Waals surface area contributed by atoms with Crippen molar-refractivity contribution in [3.8, 4) is 5.75 Å². The molecule has 2 rings (SSSR count). The molecule has 2 aromatic rings. The van der Waals surface area contributed by atoms with E-state index in [0.29, 0.717) is 11.4 Å². The van der Waals surface area contributed by atoms with Crippen LogP contribution in [0.3, 0.4) is 0 Å². The average Bonchev–Trinajstić information content (AvgIpc) is 2.78. The third kappa shape index (κ3) is 3.16. The number of aryl methyl sites for hydroxylation is 2. The molecule has 6 heteroatoms. The Labute approximate surface area is 122 Å². The number of methoxy groups -OCH3 is 1. The van der Waals surface area contributed by atoms with Gasteiger partial charge in [0, 0.05) is 11.6 Å². The van der Waals surface area contributed by atoms with Gasteiger partial charge in [0.05, 0.1) is 29.8 Å². The first-order valence-electron chi connectivity index (χ1n) is 6.58. The zero-order chi connectivity index (χ0) is 15.6. The number of hydrogen-bond acceptors (Lipinski definition) is 5. The lowest BCUT2D eigenvalue weighted by Crippen LogP contribution is -2.08. The van der Waals surface area contributed by atoms with Crippen LogP contribution in [0.5, 0.6) is 5.75 Å². The number of hydrogen-bond donors (Lipinski definition) is 1. The normalized spacial score (nSPS) is 12.0. The van der Waals surface area contributed by atoms with E-state index in [9.17, 15) is 10.1 Å². The fourth-order valence-electron chi connectivity index (χ4n) is 2.30. The first kappa shape index (κ1) is 14.9. The standard InChI is InChI=1S/C15H18N2O4/c1-9-7-13(11(3)21-9)10(2)16-14-6-5-12(17(18)19)8-15(14)20-4/h5-8,10,16H,1-4H3. The molecule has 0 aliphatic heterocycles. The minimum Gasteiger partial charge on any atom is -0.494 e. The summed E-state index contributed by atoms with van der Waals surface area (Å²) in [5.74, 6) is 2.15. The molecule has 0 spiro atoms. The van der Waals surface area contributed by atoms with Crippen LogP contribution >= 0.6 is 0 Å². The Balaban J connectivity index is 2.26. The molecule has 6 nitrogen and oxygen atoms in total. The summed E-state index contributed by atoms with van der Waals surface area (Å²) in [6.45, 7) is 5.81. The Hall–Kier alpha value is -2.50. The molecule has 21 heavy (non-hydrogen) atoms. The number of anilines is 1. The highest BCUT2D eigenvalue weighted by molar-refractivity contribution is 5.61. The molecule has 1 aromatic carbocycles. The van der Waals surface area contributed by atoms with Crippen molar-refractivity contribution in [1.29, 1.82) is 0 Å². The molecule has 1 N–H and O–H groups in total. The van der Waals surface area contributed by atoms with E-state index in [1.54, 1.807) is 6.07 Å². The quantitative estimate of drug-likeness (QED) is 0.665.